The normalized spacial score (nSPS) is 21.9. The van der Waals surface area contributed by atoms with E-state index in [1.807, 2.05) is 25.3 Å². The summed E-state index contributed by atoms with van der Waals surface area (Å²) in [6.45, 7) is 10.3. The fraction of sp³-hybridized carbons (Fsp3) is 0.619. The summed E-state index contributed by atoms with van der Waals surface area (Å²) in [7, 11) is -0.397. The molecule has 1 saturated carbocycles. The predicted octanol–water partition coefficient (Wildman–Crippen LogP) is 4.08. The van der Waals surface area contributed by atoms with Gasteiger partial charge in [-0.2, -0.15) is 0 Å². The molecule has 0 atom stereocenters. The standard InChI is InChI=1S/C21H29BN2O3/c1-14-17(12-15-8-6-7-9-15)19(25-24-14)18-11-10-16(13-23-18)22-26-20(2,3)21(4,5)27-22/h10-11,13,15H,6-9,12H2,1-5H3. The second kappa shape index (κ2) is 6.75. The lowest BCUT2D eigenvalue weighted by atomic mass is 9.80. The lowest BCUT2D eigenvalue weighted by Gasteiger charge is -2.32. The van der Waals surface area contributed by atoms with Crippen molar-refractivity contribution >= 4 is 12.6 Å². The fourth-order valence-corrected chi connectivity index (χ4v) is 3.99. The highest BCUT2D eigenvalue weighted by atomic mass is 16.7. The molecule has 0 spiro atoms. The molecular formula is C21H29BN2O3. The third-order valence-corrected chi connectivity index (χ3v) is 6.50. The quantitative estimate of drug-likeness (QED) is 0.762. The monoisotopic (exact) mass is 368 g/mol. The van der Waals surface area contributed by atoms with Crippen molar-refractivity contribution in [2.24, 2.45) is 5.92 Å². The molecule has 6 heteroatoms. The van der Waals surface area contributed by atoms with Gasteiger partial charge >= 0.3 is 7.12 Å². The first kappa shape index (κ1) is 18.7. The Bertz CT molecular complexity index is 791. The van der Waals surface area contributed by atoms with E-state index in [9.17, 15) is 0 Å². The first-order valence-corrected chi connectivity index (χ1v) is 10.0. The van der Waals surface area contributed by atoms with Crippen LogP contribution in [0.15, 0.2) is 22.9 Å². The average molecular weight is 368 g/mol. The summed E-state index contributed by atoms with van der Waals surface area (Å²) in [6, 6.07) is 4.00. The molecule has 3 heterocycles. The molecule has 4 rings (SSSR count). The van der Waals surface area contributed by atoms with Crippen molar-refractivity contribution in [3.63, 3.8) is 0 Å². The molecule has 2 fully saturated rings. The van der Waals surface area contributed by atoms with Crippen LogP contribution in [0.2, 0.25) is 0 Å². The van der Waals surface area contributed by atoms with Crippen molar-refractivity contribution < 1.29 is 13.8 Å². The predicted molar refractivity (Wildman–Crippen MR) is 106 cm³/mol. The Labute approximate surface area is 162 Å². The van der Waals surface area contributed by atoms with Crippen molar-refractivity contribution in [1.82, 2.24) is 10.1 Å². The van der Waals surface area contributed by atoms with Gasteiger partial charge in [-0.25, -0.2) is 0 Å². The van der Waals surface area contributed by atoms with E-state index in [4.69, 9.17) is 13.8 Å². The minimum absolute atomic E-state index is 0.354. The topological polar surface area (TPSA) is 57.4 Å². The number of pyridine rings is 1. The van der Waals surface area contributed by atoms with E-state index in [1.165, 1.54) is 31.2 Å². The highest BCUT2D eigenvalue weighted by Gasteiger charge is 2.51. The molecule has 27 heavy (non-hydrogen) atoms. The van der Waals surface area contributed by atoms with Gasteiger partial charge in [0.1, 0.15) is 5.69 Å². The van der Waals surface area contributed by atoms with Crippen LogP contribution in [-0.2, 0) is 15.7 Å². The van der Waals surface area contributed by atoms with Crippen LogP contribution in [0.4, 0.5) is 0 Å². The number of aryl methyl sites for hydroxylation is 1. The number of hydrogen-bond acceptors (Lipinski definition) is 5. The van der Waals surface area contributed by atoms with Gasteiger partial charge in [0.2, 0.25) is 0 Å². The van der Waals surface area contributed by atoms with E-state index in [2.05, 4.69) is 37.8 Å². The lowest BCUT2D eigenvalue weighted by molar-refractivity contribution is 0.00578. The third-order valence-electron chi connectivity index (χ3n) is 6.50. The van der Waals surface area contributed by atoms with Crippen LogP contribution >= 0.6 is 0 Å². The van der Waals surface area contributed by atoms with Crippen LogP contribution < -0.4 is 5.46 Å². The Morgan fingerprint density at radius 2 is 1.74 bits per heavy atom. The van der Waals surface area contributed by atoms with Gasteiger partial charge in [0, 0.05) is 17.2 Å². The zero-order valence-electron chi connectivity index (χ0n) is 17.0. The second-order valence-electron chi connectivity index (χ2n) is 9.00. The molecule has 1 aliphatic carbocycles. The number of rotatable bonds is 4. The molecule has 0 unspecified atom stereocenters. The minimum Gasteiger partial charge on any atom is -0.399 e. The van der Waals surface area contributed by atoms with Gasteiger partial charge in [-0.15, -0.1) is 0 Å². The second-order valence-corrected chi connectivity index (χ2v) is 9.00. The van der Waals surface area contributed by atoms with Gasteiger partial charge in [-0.1, -0.05) is 36.9 Å². The molecule has 1 saturated heterocycles. The van der Waals surface area contributed by atoms with Crippen LogP contribution in [0, 0.1) is 12.8 Å². The van der Waals surface area contributed by atoms with Crippen molar-refractivity contribution in [1.29, 1.82) is 0 Å². The molecular weight excluding hydrogens is 339 g/mol. The maximum atomic E-state index is 6.11. The number of hydrogen-bond donors (Lipinski definition) is 0. The highest BCUT2D eigenvalue weighted by molar-refractivity contribution is 6.62. The summed E-state index contributed by atoms with van der Waals surface area (Å²) in [5.74, 6) is 1.55. The fourth-order valence-electron chi connectivity index (χ4n) is 3.99. The van der Waals surface area contributed by atoms with Gasteiger partial charge < -0.3 is 13.8 Å². The first-order chi connectivity index (χ1) is 12.8. The molecule has 0 aromatic carbocycles. The lowest BCUT2D eigenvalue weighted by Crippen LogP contribution is -2.41. The van der Waals surface area contributed by atoms with Gasteiger partial charge in [0.25, 0.3) is 0 Å². The van der Waals surface area contributed by atoms with Gasteiger partial charge in [0.15, 0.2) is 5.76 Å². The molecule has 144 valence electrons. The summed E-state index contributed by atoms with van der Waals surface area (Å²) < 4.78 is 17.9. The maximum absolute atomic E-state index is 6.11. The smallest absolute Gasteiger partial charge is 0.399 e. The first-order valence-electron chi connectivity index (χ1n) is 10.0. The zero-order chi connectivity index (χ0) is 19.2. The molecule has 0 amide bonds. The van der Waals surface area contributed by atoms with Gasteiger partial charge in [0.05, 0.1) is 16.9 Å². The molecule has 0 N–H and O–H groups in total. The summed E-state index contributed by atoms with van der Waals surface area (Å²) in [5.41, 5.74) is 3.22. The average Bonchev–Trinajstić information content (AvgIpc) is 3.29. The van der Waals surface area contributed by atoms with E-state index in [-0.39, 0.29) is 11.2 Å². The maximum Gasteiger partial charge on any atom is 0.496 e. The summed E-state index contributed by atoms with van der Waals surface area (Å²) in [6.07, 6.45) is 8.15. The van der Waals surface area contributed by atoms with Crippen molar-refractivity contribution in [3.05, 3.63) is 29.6 Å². The van der Waals surface area contributed by atoms with Crippen molar-refractivity contribution in [2.75, 3.05) is 0 Å². The van der Waals surface area contributed by atoms with Gasteiger partial charge in [-0.05, 0) is 53.0 Å². The molecule has 5 nitrogen and oxygen atoms in total. The molecule has 2 aliphatic rings. The van der Waals surface area contributed by atoms with E-state index >= 15 is 0 Å². The summed E-state index contributed by atoms with van der Waals surface area (Å²) in [5, 5.41) is 4.21. The number of nitrogens with zero attached hydrogens (tertiary/aromatic N) is 2. The Morgan fingerprint density at radius 1 is 1.07 bits per heavy atom. The summed E-state index contributed by atoms with van der Waals surface area (Å²) in [4.78, 5) is 4.64. The third kappa shape index (κ3) is 3.45. The number of aromatic nitrogens is 2. The van der Waals surface area contributed by atoms with Crippen LogP contribution in [-0.4, -0.2) is 28.5 Å². The van der Waals surface area contributed by atoms with Crippen LogP contribution in [0.1, 0.15) is 64.6 Å². The van der Waals surface area contributed by atoms with Crippen LogP contribution in [0.5, 0.6) is 0 Å². The summed E-state index contributed by atoms with van der Waals surface area (Å²) >= 11 is 0. The Hall–Kier alpha value is -1.66. The highest BCUT2D eigenvalue weighted by Crippen LogP contribution is 2.37. The van der Waals surface area contributed by atoms with E-state index in [1.54, 1.807) is 0 Å². The molecule has 0 radical (unpaired) electrons. The SMILES string of the molecule is Cc1noc(-c2ccc(B3OC(C)(C)C(C)(C)O3)cn2)c1CC1CCCC1. The Kier molecular flexibility index (Phi) is 4.67. The van der Waals surface area contributed by atoms with Crippen LogP contribution in [0.25, 0.3) is 11.5 Å². The van der Waals surface area contributed by atoms with E-state index in [0.717, 1.165) is 34.9 Å². The molecule has 0 bridgehead atoms. The largest absolute Gasteiger partial charge is 0.496 e. The molecule has 1 aliphatic heterocycles. The molecule has 2 aromatic heterocycles. The van der Waals surface area contributed by atoms with Crippen LogP contribution in [0.3, 0.4) is 0 Å². The van der Waals surface area contributed by atoms with E-state index < -0.39 is 7.12 Å². The Balaban J connectivity index is 1.55. The zero-order valence-corrected chi connectivity index (χ0v) is 17.0. The van der Waals surface area contributed by atoms with E-state index in [0.29, 0.717) is 0 Å². The minimum atomic E-state index is -0.397. The van der Waals surface area contributed by atoms with Crippen molar-refractivity contribution in [3.8, 4) is 11.5 Å². The molecule has 2 aromatic rings. The van der Waals surface area contributed by atoms with Gasteiger partial charge in [-0.3, -0.25) is 4.98 Å². The Morgan fingerprint density at radius 3 is 2.33 bits per heavy atom. The van der Waals surface area contributed by atoms with Crippen molar-refractivity contribution in [2.45, 2.75) is 77.9 Å².